The van der Waals surface area contributed by atoms with Crippen molar-refractivity contribution in [3.05, 3.63) is 99.8 Å². The molecule has 0 N–H and O–H groups in total. The number of pyridine rings is 1. The van der Waals surface area contributed by atoms with E-state index in [0.717, 1.165) is 5.56 Å². The highest BCUT2D eigenvalue weighted by atomic mass is 35.5. The number of carbonyl (C=O) groups excluding carboxylic acids is 1. The molecule has 3 aromatic carbocycles. The van der Waals surface area contributed by atoms with Gasteiger partial charge in [0.1, 0.15) is 5.82 Å². The van der Waals surface area contributed by atoms with Crippen molar-refractivity contribution < 1.29 is 18.7 Å². The van der Waals surface area contributed by atoms with Crippen molar-refractivity contribution in [3.63, 3.8) is 0 Å². The smallest absolute Gasteiger partial charge is 0.257 e. The van der Waals surface area contributed by atoms with Gasteiger partial charge >= 0.3 is 0 Å². The molecule has 0 saturated carbocycles. The van der Waals surface area contributed by atoms with Crippen molar-refractivity contribution in [3.8, 4) is 39.4 Å². The first-order valence-electron chi connectivity index (χ1n) is 13.2. The summed E-state index contributed by atoms with van der Waals surface area (Å²) in [7, 11) is 3.15. The van der Waals surface area contributed by atoms with E-state index in [1.54, 1.807) is 25.2 Å². The van der Waals surface area contributed by atoms with E-state index in [9.17, 15) is 4.79 Å². The van der Waals surface area contributed by atoms with Gasteiger partial charge in [-0.05, 0) is 42.7 Å². The Balaban J connectivity index is 1.54. The van der Waals surface area contributed by atoms with E-state index >= 15 is 4.39 Å². The monoisotopic (exact) mass is 590 g/mol. The van der Waals surface area contributed by atoms with E-state index in [4.69, 9.17) is 32.7 Å². The molecule has 0 saturated heterocycles. The highest BCUT2D eigenvalue weighted by Crippen LogP contribution is 2.43. The number of nitrogens with zero attached hydrogens (tertiary/aromatic N) is 2. The maximum atomic E-state index is 15.5. The number of ether oxygens (including phenoxy) is 2. The van der Waals surface area contributed by atoms with Gasteiger partial charge < -0.3 is 14.4 Å². The minimum Gasteiger partial charge on any atom is -0.481 e. The summed E-state index contributed by atoms with van der Waals surface area (Å²) in [4.78, 5) is 19.3. The van der Waals surface area contributed by atoms with Crippen molar-refractivity contribution in [2.24, 2.45) is 0 Å². The first-order valence-corrected chi connectivity index (χ1v) is 13.9. The Bertz CT molecular complexity index is 1660. The van der Waals surface area contributed by atoms with Gasteiger partial charge in [-0.25, -0.2) is 9.37 Å². The highest BCUT2D eigenvalue weighted by molar-refractivity contribution is 6.39. The Hall–Kier alpha value is -3.71. The zero-order valence-corrected chi connectivity index (χ0v) is 24.5. The zero-order valence-electron chi connectivity index (χ0n) is 23.0. The lowest BCUT2D eigenvalue weighted by Gasteiger charge is -2.31. The third-order valence-electron chi connectivity index (χ3n) is 7.38. The second-order valence-electron chi connectivity index (χ2n) is 9.87. The molecule has 0 spiro atoms. The van der Waals surface area contributed by atoms with Crippen molar-refractivity contribution in [1.29, 1.82) is 0 Å². The number of fused-ring (bicyclic) bond motifs is 1. The summed E-state index contributed by atoms with van der Waals surface area (Å²) in [5, 5.41) is 0.899. The maximum Gasteiger partial charge on any atom is 0.257 e. The molecule has 5 nitrogen and oxygen atoms in total. The van der Waals surface area contributed by atoms with E-state index in [1.165, 1.54) is 6.07 Å². The lowest BCUT2D eigenvalue weighted by atomic mass is 9.91. The van der Waals surface area contributed by atoms with Gasteiger partial charge in [-0.15, -0.1) is 0 Å². The van der Waals surface area contributed by atoms with Crippen LogP contribution in [-0.2, 0) is 11.2 Å². The number of benzene rings is 3. The molecule has 0 fully saturated rings. The second kappa shape index (κ2) is 12.0. The molecule has 5 rings (SSSR count). The van der Waals surface area contributed by atoms with Gasteiger partial charge in [0, 0.05) is 48.0 Å². The largest absolute Gasteiger partial charge is 0.481 e. The molecule has 4 aromatic rings. The van der Waals surface area contributed by atoms with Crippen LogP contribution < -0.4 is 4.74 Å². The summed E-state index contributed by atoms with van der Waals surface area (Å²) in [5.41, 5.74) is 5.54. The molecule has 1 aliphatic heterocycles. The molecule has 1 atom stereocenters. The second-order valence-corrected chi connectivity index (χ2v) is 10.6. The molecule has 0 aliphatic carbocycles. The van der Waals surface area contributed by atoms with E-state index < -0.39 is 5.82 Å². The normalized spacial score (nSPS) is 13.6. The van der Waals surface area contributed by atoms with Crippen molar-refractivity contribution in [1.82, 2.24) is 9.88 Å². The third-order valence-corrected chi connectivity index (χ3v) is 8.20. The molecular formula is C33H29Cl2FN2O3. The Kier molecular flexibility index (Phi) is 8.45. The van der Waals surface area contributed by atoms with E-state index in [1.807, 2.05) is 61.5 Å². The molecular weight excluding hydrogens is 562 g/mol. The number of hydrogen-bond donors (Lipinski definition) is 0. The van der Waals surface area contributed by atoms with Crippen LogP contribution in [0.3, 0.4) is 0 Å². The minimum atomic E-state index is -0.568. The van der Waals surface area contributed by atoms with Crippen molar-refractivity contribution in [2.75, 3.05) is 27.3 Å². The van der Waals surface area contributed by atoms with Crippen LogP contribution in [0.15, 0.2) is 67.2 Å². The maximum absolute atomic E-state index is 15.5. The number of amides is 1. The molecule has 0 bridgehead atoms. The van der Waals surface area contributed by atoms with Crippen LogP contribution in [0.25, 0.3) is 39.6 Å². The number of hydrogen-bond acceptors (Lipinski definition) is 4. The molecule has 210 valence electrons. The molecule has 1 aliphatic rings. The Morgan fingerprint density at radius 2 is 1.68 bits per heavy atom. The van der Waals surface area contributed by atoms with Crippen molar-refractivity contribution in [2.45, 2.75) is 19.4 Å². The Morgan fingerprint density at radius 3 is 2.34 bits per heavy atom. The Morgan fingerprint density at radius 1 is 1.02 bits per heavy atom. The topological polar surface area (TPSA) is 51.7 Å². The standard InChI is InChI=1S/C33H29Cl2FN2O3/c1-5-20-12-13-28(37-32(20)41-4)26-11-7-10-25(31(26)35)24-9-6-8-23(30(24)34)22-16-21-14-15-38(18-19(2)40-3)33(39)29(21)27(36)17-22/h5-13,16-17,19H,1,14-15,18H2,2-4H3. The lowest BCUT2D eigenvalue weighted by Crippen LogP contribution is -2.42. The number of rotatable bonds is 8. The average Bonchev–Trinajstić information content (AvgIpc) is 2.98. The fraction of sp³-hybridized carbons (Fsp3) is 0.212. The summed E-state index contributed by atoms with van der Waals surface area (Å²) in [6.45, 7) is 6.58. The number of aromatic nitrogens is 1. The van der Waals surface area contributed by atoms with Crippen LogP contribution in [0.2, 0.25) is 10.0 Å². The fourth-order valence-electron chi connectivity index (χ4n) is 5.15. The molecule has 1 aromatic heterocycles. The summed E-state index contributed by atoms with van der Waals surface area (Å²) in [6, 6.07) is 18.2. The molecule has 8 heteroatoms. The molecule has 1 amide bonds. The van der Waals surface area contributed by atoms with Crippen LogP contribution in [0.4, 0.5) is 4.39 Å². The molecule has 0 radical (unpaired) electrons. The van der Waals surface area contributed by atoms with E-state index in [2.05, 4.69) is 11.6 Å². The number of carbonyl (C=O) groups is 1. The van der Waals surface area contributed by atoms with Crippen LogP contribution >= 0.6 is 23.2 Å². The molecule has 2 heterocycles. The van der Waals surface area contributed by atoms with Crippen LogP contribution in [-0.4, -0.2) is 49.2 Å². The van der Waals surface area contributed by atoms with Gasteiger partial charge in [0.15, 0.2) is 0 Å². The highest BCUT2D eigenvalue weighted by Gasteiger charge is 2.29. The fourth-order valence-corrected chi connectivity index (χ4v) is 5.81. The van der Waals surface area contributed by atoms with Crippen molar-refractivity contribution >= 4 is 35.2 Å². The van der Waals surface area contributed by atoms with E-state index in [-0.39, 0.29) is 17.6 Å². The Labute approximate surface area is 249 Å². The predicted octanol–water partition coefficient (Wildman–Crippen LogP) is 8.21. The first-order chi connectivity index (χ1) is 19.8. The van der Waals surface area contributed by atoms with Crippen LogP contribution in [0.5, 0.6) is 5.88 Å². The average molecular weight is 592 g/mol. The lowest BCUT2D eigenvalue weighted by molar-refractivity contribution is 0.0518. The zero-order chi connectivity index (χ0) is 29.3. The van der Waals surface area contributed by atoms with Gasteiger partial charge in [-0.2, -0.15) is 0 Å². The number of methoxy groups -OCH3 is 2. The summed E-state index contributed by atoms with van der Waals surface area (Å²) < 4.78 is 26.2. The minimum absolute atomic E-state index is 0.108. The molecule has 1 unspecified atom stereocenters. The van der Waals surface area contributed by atoms with Crippen LogP contribution in [0, 0.1) is 5.82 Å². The van der Waals surface area contributed by atoms with Gasteiger partial charge in [0.05, 0.1) is 34.5 Å². The van der Waals surface area contributed by atoms with Gasteiger partial charge in [0.25, 0.3) is 5.91 Å². The number of halogens is 3. The van der Waals surface area contributed by atoms with Gasteiger partial charge in [-0.3, -0.25) is 4.79 Å². The quantitative estimate of drug-likeness (QED) is 0.207. The van der Waals surface area contributed by atoms with Gasteiger partial charge in [0.2, 0.25) is 5.88 Å². The van der Waals surface area contributed by atoms with E-state index in [0.29, 0.717) is 74.5 Å². The van der Waals surface area contributed by atoms with Gasteiger partial charge in [-0.1, -0.05) is 78.3 Å². The van der Waals surface area contributed by atoms with Crippen LogP contribution in [0.1, 0.15) is 28.4 Å². The summed E-state index contributed by atoms with van der Waals surface area (Å²) >= 11 is 13.9. The predicted molar refractivity (Wildman–Crippen MR) is 163 cm³/mol. The third kappa shape index (κ3) is 5.47. The first kappa shape index (κ1) is 28.8. The summed E-state index contributed by atoms with van der Waals surface area (Å²) in [5.74, 6) is -0.445. The summed E-state index contributed by atoms with van der Waals surface area (Å²) in [6.07, 6.45) is 2.07. The SMILES string of the molecule is C=Cc1ccc(-c2cccc(-c3cccc(-c4cc(F)c5c(c4)CCN(CC(C)OC)C5=O)c3Cl)c2Cl)nc1OC. The molecule has 41 heavy (non-hydrogen) atoms.